The lowest BCUT2D eigenvalue weighted by Crippen LogP contribution is -2.14. The van der Waals surface area contributed by atoms with Crippen molar-refractivity contribution in [3.05, 3.63) is 59.7 Å². The van der Waals surface area contributed by atoms with Gasteiger partial charge in [-0.05, 0) is 29.3 Å². The molecule has 0 bridgehead atoms. The molecule has 6 heteroatoms. The summed E-state index contributed by atoms with van der Waals surface area (Å²) in [5.41, 5.74) is 1.70. The number of hydrogen-bond acceptors (Lipinski definition) is 6. The van der Waals surface area contributed by atoms with Crippen LogP contribution in [0.1, 0.15) is 20.7 Å². The minimum absolute atomic E-state index is 0.222. The van der Waals surface area contributed by atoms with Crippen LogP contribution < -0.4 is 11.8 Å². The first-order valence-electron chi connectivity index (χ1n) is 5.69. The van der Waals surface area contributed by atoms with E-state index in [0.29, 0.717) is 5.56 Å². The second-order valence-electron chi connectivity index (χ2n) is 3.94. The predicted octanol–water partition coefficient (Wildman–Crippen LogP) is 1.41. The lowest BCUT2D eigenvalue weighted by atomic mass is 9.97. The molecule has 2 aromatic rings. The van der Waals surface area contributed by atoms with Crippen LogP contribution in [0, 0.1) is 0 Å². The second-order valence-corrected chi connectivity index (χ2v) is 3.94. The Morgan fingerprint density at radius 1 is 0.850 bits per heavy atom. The van der Waals surface area contributed by atoms with Gasteiger partial charge in [0.15, 0.2) is 0 Å². The maximum Gasteiger partial charge on any atom is 0.357 e. The monoisotopic (exact) mass is 272 g/mol. The van der Waals surface area contributed by atoms with E-state index in [1.54, 1.807) is 24.3 Å². The molecule has 0 atom stereocenters. The second kappa shape index (κ2) is 5.96. The fourth-order valence-corrected chi connectivity index (χ4v) is 1.84. The fourth-order valence-electron chi connectivity index (χ4n) is 1.84. The van der Waals surface area contributed by atoms with Crippen molar-refractivity contribution in [1.82, 2.24) is 0 Å². The highest BCUT2D eigenvalue weighted by Crippen LogP contribution is 2.25. The number of benzene rings is 2. The van der Waals surface area contributed by atoms with Crippen molar-refractivity contribution in [3.63, 3.8) is 0 Å². The van der Waals surface area contributed by atoms with Gasteiger partial charge < -0.3 is 9.68 Å². The first-order valence-corrected chi connectivity index (χ1v) is 5.69. The average Bonchev–Trinajstić information content (AvgIpc) is 2.53. The lowest BCUT2D eigenvalue weighted by molar-refractivity contribution is 0.0490. The first kappa shape index (κ1) is 13.7. The third-order valence-corrected chi connectivity index (χ3v) is 2.77. The Labute approximate surface area is 114 Å². The Bertz CT molecular complexity index is 641. The summed E-state index contributed by atoms with van der Waals surface area (Å²) >= 11 is 0. The van der Waals surface area contributed by atoms with Crippen LogP contribution in [-0.2, 0) is 9.68 Å². The molecule has 4 N–H and O–H groups in total. The zero-order valence-electron chi connectivity index (χ0n) is 10.4. The van der Waals surface area contributed by atoms with Gasteiger partial charge in [0.05, 0.1) is 11.1 Å². The molecule has 0 aliphatic carbocycles. The minimum atomic E-state index is -0.699. The first-order chi connectivity index (χ1) is 9.67. The number of nitrogens with two attached hydrogens (primary N) is 2. The van der Waals surface area contributed by atoms with Crippen LogP contribution in [0.5, 0.6) is 0 Å². The van der Waals surface area contributed by atoms with Gasteiger partial charge in [-0.15, -0.1) is 0 Å². The fraction of sp³-hybridized carbons (Fsp3) is 0. The minimum Gasteiger partial charge on any atom is -0.370 e. The van der Waals surface area contributed by atoms with Crippen molar-refractivity contribution in [2.75, 3.05) is 0 Å². The number of carbonyl (C=O) groups is 2. The molecule has 2 rings (SSSR count). The molecule has 102 valence electrons. The molecule has 0 fully saturated rings. The molecule has 0 aromatic heterocycles. The highest BCUT2D eigenvalue weighted by molar-refractivity contribution is 6.00. The summed E-state index contributed by atoms with van der Waals surface area (Å²) in [5.74, 6) is 8.37. The molecule has 0 amide bonds. The summed E-state index contributed by atoms with van der Waals surface area (Å²) in [6.07, 6.45) is 0. The summed E-state index contributed by atoms with van der Waals surface area (Å²) in [4.78, 5) is 31.5. The van der Waals surface area contributed by atoms with Gasteiger partial charge in [0, 0.05) is 0 Å². The van der Waals surface area contributed by atoms with Crippen LogP contribution in [-0.4, -0.2) is 11.9 Å². The molecular weight excluding hydrogens is 260 g/mol. The molecule has 0 unspecified atom stereocenters. The van der Waals surface area contributed by atoms with Crippen LogP contribution in [0.4, 0.5) is 0 Å². The van der Waals surface area contributed by atoms with Gasteiger partial charge in [-0.1, -0.05) is 30.3 Å². The van der Waals surface area contributed by atoms with E-state index in [1.165, 1.54) is 18.2 Å². The predicted molar refractivity (Wildman–Crippen MR) is 71.1 cm³/mol. The average molecular weight is 272 g/mol. The number of hydrogen-bond donors (Lipinski definition) is 2. The van der Waals surface area contributed by atoms with E-state index in [2.05, 4.69) is 9.68 Å². The summed E-state index contributed by atoms with van der Waals surface area (Å²) in [7, 11) is 0. The van der Waals surface area contributed by atoms with Gasteiger partial charge in [0.1, 0.15) is 0 Å². The van der Waals surface area contributed by atoms with Crippen molar-refractivity contribution in [2.45, 2.75) is 0 Å². The normalized spacial score (nSPS) is 9.90. The van der Waals surface area contributed by atoms with E-state index in [1.807, 2.05) is 6.07 Å². The summed E-state index contributed by atoms with van der Waals surface area (Å²) in [6.45, 7) is 0. The lowest BCUT2D eigenvalue weighted by Gasteiger charge is -2.09. The molecule has 20 heavy (non-hydrogen) atoms. The molecule has 0 saturated carbocycles. The van der Waals surface area contributed by atoms with Crippen molar-refractivity contribution in [1.29, 1.82) is 0 Å². The molecule has 0 heterocycles. The largest absolute Gasteiger partial charge is 0.370 e. The van der Waals surface area contributed by atoms with Gasteiger partial charge >= 0.3 is 11.9 Å². The quantitative estimate of drug-likeness (QED) is 0.818. The van der Waals surface area contributed by atoms with E-state index in [9.17, 15) is 9.59 Å². The third-order valence-electron chi connectivity index (χ3n) is 2.77. The Morgan fingerprint density at radius 3 is 2.10 bits per heavy atom. The molecule has 0 radical (unpaired) electrons. The van der Waals surface area contributed by atoms with Gasteiger partial charge in [0.25, 0.3) is 0 Å². The van der Waals surface area contributed by atoms with E-state index in [-0.39, 0.29) is 11.1 Å². The van der Waals surface area contributed by atoms with E-state index in [0.717, 1.165) is 5.56 Å². The Kier molecular flexibility index (Phi) is 4.09. The maximum absolute atomic E-state index is 11.7. The van der Waals surface area contributed by atoms with E-state index >= 15 is 0 Å². The maximum atomic E-state index is 11.7. The van der Waals surface area contributed by atoms with Crippen LogP contribution in [0.25, 0.3) is 11.1 Å². The zero-order valence-corrected chi connectivity index (χ0v) is 10.4. The zero-order chi connectivity index (χ0) is 14.5. The highest BCUT2D eigenvalue weighted by atomic mass is 16.7. The van der Waals surface area contributed by atoms with Gasteiger partial charge in [-0.2, -0.15) is 11.8 Å². The Morgan fingerprint density at radius 2 is 1.50 bits per heavy atom. The Balaban J connectivity index is 2.60. The molecule has 2 aromatic carbocycles. The molecule has 0 aliphatic rings. The standard InChI is InChI=1S/C14H12N2O4/c15-19-13(17)10-6-7-11(14(18)20-16)12(8-10)9-4-2-1-3-5-9/h1-8H,15-16H2. The number of carbonyl (C=O) groups excluding carboxylic acids is 2. The van der Waals surface area contributed by atoms with Crippen molar-refractivity contribution >= 4 is 11.9 Å². The van der Waals surface area contributed by atoms with Crippen LogP contribution in [0.15, 0.2) is 48.5 Å². The topological polar surface area (TPSA) is 105 Å². The smallest absolute Gasteiger partial charge is 0.357 e. The van der Waals surface area contributed by atoms with E-state index in [4.69, 9.17) is 11.8 Å². The third kappa shape index (κ3) is 2.66. The molecule has 0 aliphatic heterocycles. The van der Waals surface area contributed by atoms with E-state index < -0.39 is 11.9 Å². The van der Waals surface area contributed by atoms with Crippen molar-refractivity contribution in [2.24, 2.45) is 11.8 Å². The van der Waals surface area contributed by atoms with Crippen LogP contribution >= 0.6 is 0 Å². The summed E-state index contributed by atoms with van der Waals surface area (Å²) < 4.78 is 0. The molecular formula is C14H12N2O4. The highest BCUT2D eigenvalue weighted by Gasteiger charge is 2.17. The van der Waals surface area contributed by atoms with Crippen LogP contribution in [0.3, 0.4) is 0 Å². The summed E-state index contributed by atoms with van der Waals surface area (Å²) in [5, 5.41) is 0. The SMILES string of the molecule is NOC(=O)c1ccc(C(=O)ON)c(-c2ccccc2)c1. The molecule has 0 spiro atoms. The Hall–Kier alpha value is -2.70. The van der Waals surface area contributed by atoms with Gasteiger partial charge in [-0.25, -0.2) is 9.59 Å². The molecule has 0 saturated heterocycles. The molecule has 6 nitrogen and oxygen atoms in total. The van der Waals surface area contributed by atoms with Gasteiger partial charge in [-0.3, -0.25) is 0 Å². The van der Waals surface area contributed by atoms with Crippen LogP contribution in [0.2, 0.25) is 0 Å². The number of rotatable bonds is 3. The van der Waals surface area contributed by atoms with Crippen molar-refractivity contribution in [3.8, 4) is 11.1 Å². The van der Waals surface area contributed by atoms with Crippen molar-refractivity contribution < 1.29 is 19.3 Å². The summed E-state index contributed by atoms with van der Waals surface area (Å²) in [6, 6.07) is 13.4. The van der Waals surface area contributed by atoms with Gasteiger partial charge in [0.2, 0.25) is 0 Å².